The van der Waals surface area contributed by atoms with Crippen LogP contribution in [-0.4, -0.2) is 39.4 Å². The zero-order valence-electron chi connectivity index (χ0n) is 9.64. The Morgan fingerprint density at radius 3 is 2.47 bits per heavy atom. The SMILES string of the molecule is O=C([O-])[C@@H]1SCCN1C(=O)c1ccc([N+](=O)[O-])cc1. The number of carbonyl (C=O) groups is 2. The summed E-state index contributed by atoms with van der Waals surface area (Å²) in [6, 6.07) is 5.06. The number of non-ortho nitro benzene ring substituents is 1. The van der Waals surface area contributed by atoms with Crippen molar-refractivity contribution in [3.8, 4) is 0 Å². The van der Waals surface area contributed by atoms with Crippen LogP contribution in [0.15, 0.2) is 24.3 Å². The van der Waals surface area contributed by atoms with E-state index in [4.69, 9.17) is 0 Å². The normalized spacial score (nSPS) is 18.3. The number of aliphatic carboxylic acids is 1. The Balaban J connectivity index is 2.19. The summed E-state index contributed by atoms with van der Waals surface area (Å²) in [5.74, 6) is -1.25. The third-order valence-electron chi connectivity index (χ3n) is 2.68. The first-order chi connectivity index (χ1) is 9.00. The molecule has 0 radical (unpaired) electrons. The van der Waals surface area contributed by atoms with Gasteiger partial charge in [-0.25, -0.2) is 0 Å². The van der Waals surface area contributed by atoms with Crippen LogP contribution in [0.3, 0.4) is 0 Å². The molecule has 0 bridgehead atoms. The third kappa shape index (κ3) is 2.68. The molecule has 7 nitrogen and oxygen atoms in total. The van der Waals surface area contributed by atoms with Crippen LogP contribution >= 0.6 is 11.8 Å². The first kappa shape index (κ1) is 13.3. The lowest BCUT2D eigenvalue weighted by atomic mass is 10.2. The van der Waals surface area contributed by atoms with E-state index in [2.05, 4.69) is 0 Å². The van der Waals surface area contributed by atoms with Crippen LogP contribution in [0, 0.1) is 10.1 Å². The molecule has 1 aliphatic heterocycles. The third-order valence-corrected chi connectivity index (χ3v) is 3.86. The Morgan fingerprint density at radius 2 is 1.95 bits per heavy atom. The van der Waals surface area contributed by atoms with Gasteiger partial charge < -0.3 is 14.8 Å². The molecule has 0 spiro atoms. The van der Waals surface area contributed by atoms with Gasteiger partial charge >= 0.3 is 0 Å². The van der Waals surface area contributed by atoms with Crippen molar-refractivity contribution in [3.05, 3.63) is 39.9 Å². The number of amides is 1. The number of carboxylic acids is 1. The van der Waals surface area contributed by atoms with E-state index in [1.807, 2.05) is 0 Å². The van der Waals surface area contributed by atoms with Crippen LogP contribution in [-0.2, 0) is 4.79 Å². The van der Waals surface area contributed by atoms with E-state index in [1.165, 1.54) is 29.2 Å². The number of nitro groups is 1. The largest absolute Gasteiger partial charge is 0.547 e. The molecule has 1 aromatic rings. The highest BCUT2D eigenvalue weighted by Gasteiger charge is 2.31. The molecule has 0 saturated carbocycles. The maximum Gasteiger partial charge on any atom is 0.269 e. The number of benzene rings is 1. The summed E-state index contributed by atoms with van der Waals surface area (Å²) in [6.07, 6.45) is 0. The van der Waals surface area contributed by atoms with E-state index in [1.54, 1.807) is 0 Å². The molecule has 1 heterocycles. The fourth-order valence-corrected chi connectivity index (χ4v) is 2.81. The molecule has 2 rings (SSSR count). The quantitative estimate of drug-likeness (QED) is 0.564. The molecule has 19 heavy (non-hydrogen) atoms. The number of nitro benzene ring substituents is 1. The highest BCUT2D eigenvalue weighted by atomic mass is 32.2. The van der Waals surface area contributed by atoms with Gasteiger partial charge in [0.2, 0.25) is 0 Å². The van der Waals surface area contributed by atoms with Crippen molar-refractivity contribution >= 4 is 29.3 Å². The van der Waals surface area contributed by atoms with Crippen molar-refractivity contribution in [2.75, 3.05) is 12.3 Å². The summed E-state index contributed by atoms with van der Waals surface area (Å²) in [5.41, 5.74) is 0.100. The number of thioether (sulfide) groups is 1. The Morgan fingerprint density at radius 1 is 1.32 bits per heavy atom. The monoisotopic (exact) mass is 281 g/mol. The zero-order valence-corrected chi connectivity index (χ0v) is 10.5. The van der Waals surface area contributed by atoms with E-state index in [9.17, 15) is 24.8 Å². The average molecular weight is 281 g/mol. The second kappa shape index (κ2) is 5.27. The van der Waals surface area contributed by atoms with Gasteiger partial charge in [0.25, 0.3) is 11.6 Å². The smallest absolute Gasteiger partial charge is 0.269 e. The second-order valence-electron chi connectivity index (χ2n) is 3.84. The van der Waals surface area contributed by atoms with E-state index in [0.717, 1.165) is 11.8 Å². The molecule has 0 unspecified atom stereocenters. The van der Waals surface area contributed by atoms with Crippen LogP contribution in [0.4, 0.5) is 5.69 Å². The molecule has 1 aliphatic rings. The number of nitrogens with zero attached hydrogens (tertiary/aromatic N) is 2. The number of carbonyl (C=O) groups excluding carboxylic acids is 2. The number of carboxylic acid groups (broad SMARTS) is 1. The molecule has 100 valence electrons. The first-order valence-corrected chi connectivity index (χ1v) is 6.43. The molecular formula is C11H9N2O5S-. The molecule has 1 saturated heterocycles. The van der Waals surface area contributed by atoms with E-state index >= 15 is 0 Å². The number of rotatable bonds is 3. The van der Waals surface area contributed by atoms with Crippen molar-refractivity contribution in [2.45, 2.75) is 5.37 Å². The Kier molecular flexibility index (Phi) is 3.70. The molecule has 1 atom stereocenters. The lowest BCUT2D eigenvalue weighted by Crippen LogP contribution is -2.45. The summed E-state index contributed by atoms with van der Waals surface area (Å²) < 4.78 is 0. The fourth-order valence-electron chi connectivity index (χ4n) is 1.76. The molecule has 0 aromatic heterocycles. The Hall–Kier alpha value is -2.09. The van der Waals surface area contributed by atoms with Crippen LogP contribution in [0.2, 0.25) is 0 Å². The van der Waals surface area contributed by atoms with Crippen LogP contribution in [0.1, 0.15) is 10.4 Å². The number of hydrogen-bond acceptors (Lipinski definition) is 6. The van der Waals surface area contributed by atoms with Crippen LogP contribution in [0.5, 0.6) is 0 Å². The summed E-state index contributed by atoms with van der Waals surface area (Å²) in [6.45, 7) is 0.319. The Bertz CT molecular complexity index is 530. The maximum absolute atomic E-state index is 12.1. The van der Waals surface area contributed by atoms with Gasteiger partial charge in [0.1, 0.15) is 5.37 Å². The molecule has 8 heteroatoms. The van der Waals surface area contributed by atoms with Crippen molar-refractivity contribution in [1.29, 1.82) is 0 Å². The van der Waals surface area contributed by atoms with Gasteiger partial charge in [-0.2, -0.15) is 0 Å². The van der Waals surface area contributed by atoms with Crippen LogP contribution in [0.25, 0.3) is 0 Å². The standard InChI is InChI=1S/C11H10N2O5S/c14-9(12-5-6-19-10(12)11(15)16)7-1-3-8(4-2-7)13(17)18/h1-4,10H,5-6H2,(H,15,16)/p-1/t10-/m0/s1. The predicted molar refractivity (Wildman–Crippen MR) is 65.4 cm³/mol. The highest BCUT2D eigenvalue weighted by molar-refractivity contribution is 8.00. The maximum atomic E-state index is 12.1. The second-order valence-corrected chi connectivity index (χ2v) is 5.03. The van der Waals surface area contributed by atoms with Crippen molar-refractivity contribution in [3.63, 3.8) is 0 Å². The molecule has 0 aliphatic carbocycles. The average Bonchev–Trinajstić information content (AvgIpc) is 2.87. The minimum atomic E-state index is -1.31. The molecular weight excluding hydrogens is 272 g/mol. The minimum absolute atomic E-state index is 0.121. The summed E-state index contributed by atoms with van der Waals surface area (Å²) in [7, 11) is 0. The zero-order chi connectivity index (χ0) is 14.0. The molecule has 1 fully saturated rings. The van der Waals surface area contributed by atoms with Gasteiger partial charge in [0.05, 0.1) is 10.9 Å². The van der Waals surface area contributed by atoms with Gasteiger partial charge in [-0.1, -0.05) is 0 Å². The van der Waals surface area contributed by atoms with Gasteiger partial charge in [0, 0.05) is 30.0 Å². The lowest BCUT2D eigenvalue weighted by molar-refractivity contribution is -0.384. The topological polar surface area (TPSA) is 104 Å². The summed E-state index contributed by atoms with van der Waals surface area (Å²) in [4.78, 5) is 34.1. The van der Waals surface area contributed by atoms with Crippen LogP contribution < -0.4 is 5.11 Å². The number of hydrogen-bond donors (Lipinski definition) is 0. The van der Waals surface area contributed by atoms with E-state index in [0.29, 0.717) is 12.3 Å². The van der Waals surface area contributed by atoms with Gasteiger partial charge in [-0.15, -0.1) is 11.8 Å². The summed E-state index contributed by atoms with van der Waals surface area (Å²) in [5, 5.41) is 20.4. The van der Waals surface area contributed by atoms with Crippen molar-refractivity contribution < 1.29 is 19.6 Å². The van der Waals surface area contributed by atoms with Gasteiger partial charge in [0.15, 0.2) is 0 Å². The fraction of sp³-hybridized carbons (Fsp3) is 0.273. The van der Waals surface area contributed by atoms with Crippen molar-refractivity contribution in [2.24, 2.45) is 0 Å². The molecule has 1 amide bonds. The van der Waals surface area contributed by atoms with E-state index < -0.39 is 22.2 Å². The highest BCUT2D eigenvalue weighted by Crippen LogP contribution is 2.25. The van der Waals surface area contributed by atoms with Gasteiger partial charge in [-0.3, -0.25) is 14.9 Å². The molecule has 1 aromatic carbocycles. The minimum Gasteiger partial charge on any atom is -0.547 e. The predicted octanol–water partition coefficient (Wildman–Crippen LogP) is -0.140. The first-order valence-electron chi connectivity index (χ1n) is 5.38. The summed E-state index contributed by atoms with van der Waals surface area (Å²) >= 11 is 1.12. The molecule has 0 N–H and O–H groups in total. The van der Waals surface area contributed by atoms with E-state index in [-0.39, 0.29) is 11.3 Å². The van der Waals surface area contributed by atoms with Gasteiger partial charge in [-0.05, 0) is 12.1 Å². The van der Waals surface area contributed by atoms with Crippen molar-refractivity contribution in [1.82, 2.24) is 4.90 Å². The Labute approximate surface area is 112 Å². The lowest BCUT2D eigenvalue weighted by Gasteiger charge is -2.24.